The van der Waals surface area contributed by atoms with Crippen molar-refractivity contribution in [3.8, 4) is 5.75 Å². The second-order valence-corrected chi connectivity index (χ2v) is 4.93. The van der Waals surface area contributed by atoms with Crippen LogP contribution in [-0.2, 0) is 0 Å². The van der Waals surface area contributed by atoms with Crippen molar-refractivity contribution in [3.05, 3.63) is 50.6 Å². The molecule has 0 amide bonds. The lowest BCUT2D eigenvalue weighted by molar-refractivity contribution is 0.465. The summed E-state index contributed by atoms with van der Waals surface area (Å²) in [6, 6.07) is 7.07. The molecule has 0 aliphatic carbocycles. The molecule has 86 valence electrons. The van der Waals surface area contributed by atoms with E-state index < -0.39 is 0 Å². The van der Waals surface area contributed by atoms with E-state index in [-0.39, 0.29) is 24.2 Å². The van der Waals surface area contributed by atoms with Crippen LogP contribution in [-0.4, -0.2) is 5.11 Å². The monoisotopic (exact) mass is 319 g/mol. The lowest BCUT2D eigenvalue weighted by Gasteiger charge is -2.12. The zero-order valence-electron chi connectivity index (χ0n) is 8.26. The average molecular weight is 321 g/mol. The second-order valence-electron chi connectivity index (χ2n) is 3.24. The maximum Gasteiger partial charge on any atom is 0.121 e. The van der Waals surface area contributed by atoms with Crippen molar-refractivity contribution < 1.29 is 5.11 Å². The highest BCUT2D eigenvalue weighted by Gasteiger charge is 2.13. The molecule has 0 fully saturated rings. The molecule has 0 unspecified atom stereocenters. The molecule has 3 N–H and O–H groups in total. The summed E-state index contributed by atoms with van der Waals surface area (Å²) in [6.07, 6.45) is 0. The zero-order valence-corrected chi connectivity index (χ0v) is 11.5. The second kappa shape index (κ2) is 5.68. The molecule has 1 aromatic carbocycles. The first kappa shape index (κ1) is 13.5. The number of thiophene rings is 1. The Kier molecular flexibility index (Phi) is 4.80. The van der Waals surface area contributed by atoms with Gasteiger partial charge in [-0.05, 0) is 34.5 Å². The zero-order chi connectivity index (χ0) is 10.8. The first-order chi connectivity index (χ1) is 7.18. The molecule has 0 aliphatic rings. The molecule has 0 spiro atoms. The first-order valence-corrected chi connectivity index (χ1v) is 6.18. The number of phenols is 1. The minimum absolute atomic E-state index is 0. The van der Waals surface area contributed by atoms with E-state index in [0.717, 1.165) is 15.6 Å². The predicted molar refractivity (Wildman–Crippen MR) is 73.4 cm³/mol. The molecular weight excluding hydrogens is 310 g/mol. The Morgan fingerprint density at radius 3 is 2.62 bits per heavy atom. The normalized spacial score (nSPS) is 11.9. The van der Waals surface area contributed by atoms with Gasteiger partial charge in [-0.3, -0.25) is 0 Å². The topological polar surface area (TPSA) is 46.2 Å². The van der Waals surface area contributed by atoms with Crippen LogP contribution in [0, 0.1) is 0 Å². The van der Waals surface area contributed by atoms with Crippen molar-refractivity contribution in [3.63, 3.8) is 0 Å². The molecule has 0 bridgehead atoms. The van der Waals surface area contributed by atoms with Crippen LogP contribution in [0.4, 0.5) is 0 Å². The van der Waals surface area contributed by atoms with Crippen molar-refractivity contribution in [2.24, 2.45) is 5.73 Å². The van der Waals surface area contributed by atoms with E-state index in [1.807, 2.05) is 29.0 Å². The Balaban J connectivity index is 0.00000128. The third-order valence-corrected chi connectivity index (χ3v) is 3.42. The van der Waals surface area contributed by atoms with Gasteiger partial charge in [0.25, 0.3) is 0 Å². The maximum atomic E-state index is 9.75. The van der Waals surface area contributed by atoms with Gasteiger partial charge in [0.15, 0.2) is 0 Å². The van der Waals surface area contributed by atoms with Gasteiger partial charge in [0.1, 0.15) is 5.75 Å². The number of rotatable bonds is 2. The molecule has 5 heteroatoms. The summed E-state index contributed by atoms with van der Waals surface area (Å²) in [6.45, 7) is 0. The highest BCUT2D eigenvalue weighted by molar-refractivity contribution is 9.10. The van der Waals surface area contributed by atoms with Crippen LogP contribution in [0.15, 0.2) is 39.5 Å². The molecular formula is C11H11BrClNOS. The van der Waals surface area contributed by atoms with Crippen LogP contribution < -0.4 is 5.73 Å². The Morgan fingerprint density at radius 2 is 2.06 bits per heavy atom. The number of phenolic OH excluding ortho intramolecular Hbond substituents is 1. The van der Waals surface area contributed by atoms with Crippen molar-refractivity contribution in [1.82, 2.24) is 0 Å². The number of nitrogens with two attached hydrogens (primary N) is 1. The fourth-order valence-corrected chi connectivity index (χ4v) is 2.46. The van der Waals surface area contributed by atoms with E-state index in [9.17, 15) is 5.11 Å². The fourth-order valence-electron chi connectivity index (χ4n) is 1.41. The quantitative estimate of drug-likeness (QED) is 0.886. The van der Waals surface area contributed by atoms with E-state index in [1.54, 1.807) is 17.4 Å². The Bertz CT molecular complexity index is 461. The Hall–Kier alpha value is -0.550. The number of benzene rings is 1. The van der Waals surface area contributed by atoms with Gasteiger partial charge in [-0.1, -0.05) is 22.0 Å². The molecule has 16 heavy (non-hydrogen) atoms. The fraction of sp³-hybridized carbons (Fsp3) is 0.0909. The Morgan fingerprint density at radius 1 is 1.31 bits per heavy atom. The maximum absolute atomic E-state index is 9.75. The van der Waals surface area contributed by atoms with E-state index in [1.165, 1.54) is 0 Å². The lowest BCUT2D eigenvalue weighted by Crippen LogP contribution is -2.10. The average Bonchev–Trinajstić information content (AvgIpc) is 2.69. The largest absolute Gasteiger partial charge is 0.508 e. The SMILES string of the molecule is Cl.N[C@H](c1ccsc1)c1ccc(Br)cc1O. The van der Waals surface area contributed by atoms with Crippen molar-refractivity contribution in [2.75, 3.05) is 0 Å². The van der Waals surface area contributed by atoms with E-state index in [2.05, 4.69) is 15.9 Å². The van der Waals surface area contributed by atoms with Crippen molar-refractivity contribution in [2.45, 2.75) is 6.04 Å². The summed E-state index contributed by atoms with van der Waals surface area (Å²) >= 11 is 4.90. The van der Waals surface area contributed by atoms with Crippen LogP contribution in [0.3, 0.4) is 0 Å². The summed E-state index contributed by atoms with van der Waals surface area (Å²) in [4.78, 5) is 0. The van der Waals surface area contributed by atoms with E-state index >= 15 is 0 Å². The summed E-state index contributed by atoms with van der Waals surface area (Å²) in [5.74, 6) is 0.225. The smallest absolute Gasteiger partial charge is 0.121 e. The minimum Gasteiger partial charge on any atom is -0.508 e. The molecule has 1 atom stereocenters. The molecule has 0 aliphatic heterocycles. The van der Waals surface area contributed by atoms with E-state index in [4.69, 9.17) is 5.73 Å². The van der Waals surface area contributed by atoms with Gasteiger partial charge in [-0.25, -0.2) is 0 Å². The number of hydrogen-bond acceptors (Lipinski definition) is 3. The van der Waals surface area contributed by atoms with Crippen LogP contribution in [0.5, 0.6) is 5.75 Å². The van der Waals surface area contributed by atoms with Gasteiger partial charge in [0.05, 0.1) is 6.04 Å². The predicted octanol–water partition coefficient (Wildman–Crippen LogP) is 3.69. The lowest BCUT2D eigenvalue weighted by atomic mass is 10.0. The summed E-state index contributed by atoms with van der Waals surface area (Å²) in [5, 5.41) is 13.7. The van der Waals surface area contributed by atoms with Gasteiger partial charge in [-0.15, -0.1) is 12.4 Å². The van der Waals surface area contributed by atoms with Crippen LogP contribution in [0.2, 0.25) is 0 Å². The molecule has 0 radical (unpaired) electrons. The standard InChI is InChI=1S/C11H10BrNOS.ClH/c12-8-1-2-9(10(14)5-8)11(13)7-3-4-15-6-7;/h1-6,11,14H,13H2;1H/t11-;/m1./s1. The highest BCUT2D eigenvalue weighted by Crippen LogP contribution is 2.30. The Labute approximate surface area is 113 Å². The van der Waals surface area contributed by atoms with Gasteiger partial charge in [-0.2, -0.15) is 11.3 Å². The van der Waals surface area contributed by atoms with Gasteiger partial charge in [0, 0.05) is 10.0 Å². The van der Waals surface area contributed by atoms with E-state index in [0.29, 0.717) is 0 Å². The van der Waals surface area contributed by atoms with Crippen LogP contribution in [0.25, 0.3) is 0 Å². The number of aromatic hydroxyl groups is 1. The van der Waals surface area contributed by atoms with Crippen molar-refractivity contribution >= 4 is 39.7 Å². The molecule has 2 aromatic rings. The summed E-state index contributed by atoms with van der Waals surface area (Å²) < 4.78 is 0.848. The van der Waals surface area contributed by atoms with Gasteiger partial charge >= 0.3 is 0 Å². The third kappa shape index (κ3) is 2.77. The molecule has 1 heterocycles. The van der Waals surface area contributed by atoms with Crippen LogP contribution >= 0.6 is 39.7 Å². The molecule has 2 nitrogen and oxygen atoms in total. The number of hydrogen-bond donors (Lipinski definition) is 2. The number of halogens is 2. The van der Waals surface area contributed by atoms with Crippen LogP contribution in [0.1, 0.15) is 17.2 Å². The van der Waals surface area contributed by atoms with Crippen molar-refractivity contribution in [1.29, 1.82) is 0 Å². The highest BCUT2D eigenvalue weighted by atomic mass is 79.9. The summed E-state index contributed by atoms with van der Waals surface area (Å²) in [7, 11) is 0. The summed E-state index contributed by atoms with van der Waals surface area (Å²) in [5.41, 5.74) is 7.82. The minimum atomic E-state index is -0.260. The molecule has 2 rings (SSSR count). The van der Waals surface area contributed by atoms with Gasteiger partial charge in [0.2, 0.25) is 0 Å². The molecule has 0 saturated carbocycles. The third-order valence-electron chi connectivity index (χ3n) is 2.23. The molecule has 0 saturated heterocycles. The van der Waals surface area contributed by atoms with Gasteiger partial charge < -0.3 is 10.8 Å². The first-order valence-electron chi connectivity index (χ1n) is 4.44. The molecule has 1 aromatic heterocycles.